The van der Waals surface area contributed by atoms with Gasteiger partial charge in [-0.3, -0.25) is 4.79 Å². The van der Waals surface area contributed by atoms with Gasteiger partial charge in [0.15, 0.2) is 0 Å². The number of aromatic hydroxyl groups is 1. The molecule has 0 aliphatic carbocycles. The number of nitrogens with one attached hydrogen (secondary N) is 2. The lowest BCUT2D eigenvalue weighted by Gasteiger charge is -2.20. The summed E-state index contributed by atoms with van der Waals surface area (Å²) < 4.78 is 0. The minimum atomic E-state index is -0.186. The molecule has 4 heteroatoms. The summed E-state index contributed by atoms with van der Waals surface area (Å²) in [6, 6.07) is 16.1. The highest BCUT2D eigenvalue weighted by Crippen LogP contribution is 2.29. The minimum absolute atomic E-state index is 0.0949. The van der Waals surface area contributed by atoms with Crippen LogP contribution in [0.2, 0.25) is 0 Å². The second-order valence-corrected chi connectivity index (χ2v) is 6.34. The van der Waals surface area contributed by atoms with Crippen molar-refractivity contribution >= 4 is 11.6 Å². The van der Waals surface area contributed by atoms with Crippen LogP contribution in [0.4, 0.5) is 5.69 Å². The van der Waals surface area contributed by atoms with Crippen LogP contribution >= 0.6 is 0 Å². The van der Waals surface area contributed by atoms with E-state index < -0.39 is 0 Å². The van der Waals surface area contributed by atoms with E-state index in [1.807, 2.05) is 18.2 Å². The predicted molar refractivity (Wildman–Crippen MR) is 103 cm³/mol. The molecule has 0 bridgehead atoms. The molecule has 1 amide bonds. The molecule has 0 aromatic heterocycles. The molecular weight excluding hydrogens is 312 g/mol. The number of phenols is 1. The lowest BCUT2D eigenvalue weighted by molar-refractivity contribution is -0.114. The molecule has 25 heavy (non-hydrogen) atoms. The molecule has 0 saturated heterocycles. The Kier molecular flexibility index (Phi) is 7.48. The maximum Gasteiger partial charge on any atom is 0.221 e. The number of hydrogen-bond acceptors (Lipinski definition) is 3. The molecule has 1 atom stereocenters. The van der Waals surface area contributed by atoms with Crippen molar-refractivity contribution in [3.63, 3.8) is 0 Å². The van der Waals surface area contributed by atoms with Gasteiger partial charge in [0.1, 0.15) is 5.75 Å². The fraction of sp³-hybridized carbons (Fsp3) is 0.381. The molecule has 0 radical (unpaired) electrons. The molecule has 0 spiro atoms. The fourth-order valence-corrected chi connectivity index (χ4v) is 2.89. The van der Waals surface area contributed by atoms with E-state index in [0.29, 0.717) is 5.69 Å². The second kappa shape index (κ2) is 9.84. The van der Waals surface area contributed by atoms with Gasteiger partial charge < -0.3 is 15.7 Å². The van der Waals surface area contributed by atoms with Gasteiger partial charge in [-0.05, 0) is 42.6 Å². The number of rotatable bonds is 9. The third-order valence-electron chi connectivity index (χ3n) is 4.23. The Bertz CT molecular complexity index is 671. The molecule has 1 unspecified atom stereocenters. The standard InChI is InChI=1S/C21H28N2O2/c1-3-4-10-19(22-14-13-17-8-6-5-7-9-17)18-11-12-21(25)20(15-18)23-16(2)24/h5-9,11-12,15,19,22,25H,3-4,10,13-14H2,1-2H3,(H,23,24). The van der Waals surface area contributed by atoms with Crippen molar-refractivity contribution in [2.45, 2.75) is 45.6 Å². The Morgan fingerprint density at radius 2 is 1.92 bits per heavy atom. The molecule has 0 saturated carbocycles. The topological polar surface area (TPSA) is 61.4 Å². The molecule has 0 fully saturated rings. The van der Waals surface area contributed by atoms with Gasteiger partial charge in [0.25, 0.3) is 0 Å². The number of anilines is 1. The summed E-state index contributed by atoms with van der Waals surface area (Å²) in [5, 5.41) is 16.2. The van der Waals surface area contributed by atoms with Gasteiger partial charge in [0.05, 0.1) is 5.69 Å². The van der Waals surface area contributed by atoms with Crippen LogP contribution in [0.15, 0.2) is 48.5 Å². The number of carbonyl (C=O) groups excluding carboxylic acids is 1. The van der Waals surface area contributed by atoms with Crippen molar-refractivity contribution in [1.29, 1.82) is 0 Å². The summed E-state index contributed by atoms with van der Waals surface area (Å²) in [4.78, 5) is 11.3. The highest BCUT2D eigenvalue weighted by molar-refractivity contribution is 5.90. The molecule has 0 aliphatic heterocycles. The zero-order valence-corrected chi connectivity index (χ0v) is 15.1. The largest absolute Gasteiger partial charge is 0.506 e. The number of phenolic OH excluding ortho intramolecular Hbond substituents is 1. The summed E-state index contributed by atoms with van der Waals surface area (Å²) >= 11 is 0. The molecule has 3 N–H and O–H groups in total. The van der Waals surface area contributed by atoms with E-state index in [4.69, 9.17) is 0 Å². The monoisotopic (exact) mass is 340 g/mol. The minimum Gasteiger partial charge on any atom is -0.506 e. The fourth-order valence-electron chi connectivity index (χ4n) is 2.89. The summed E-state index contributed by atoms with van der Waals surface area (Å²) in [6.45, 7) is 4.51. The van der Waals surface area contributed by atoms with Crippen LogP contribution in [0.5, 0.6) is 5.75 Å². The van der Waals surface area contributed by atoms with Crippen LogP contribution in [0, 0.1) is 0 Å². The Balaban J connectivity index is 2.06. The van der Waals surface area contributed by atoms with Gasteiger partial charge in [-0.1, -0.05) is 56.2 Å². The molecule has 2 aromatic rings. The summed E-state index contributed by atoms with van der Waals surface area (Å²) in [5.74, 6) is -0.0907. The summed E-state index contributed by atoms with van der Waals surface area (Å²) in [7, 11) is 0. The molecule has 0 heterocycles. The number of carbonyl (C=O) groups is 1. The molecule has 2 rings (SSSR count). The van der Waals surface area contributed by atoms with Crippen molar-refractivity contribution in [1.82, 2.24) is 5.32 Å². The van der Waals surface area contributed by atoms with Gasteiger partial charge in [0, 0.05) is 13.0 Å². The molecular formula is C21H28N2O2. The van der Waals surface area contributed by atoms with E-state index in [2.05, 4.69) is 41.8 Å². The van der Waals surface area contributed by atoms with E-state index >= 15 is 0 Å². The average molecular weight is 340 g/mol. The number of hydrogen-bond donors (Lipinski definition) is 3. The van der Waals surface area contributed by atoms with Crippen LogP contribution < -0.4 is 10.6 Å². The predicted octanol–water partition coefficient (Wildman–Crippen LogP) is 4.41. The first-order valence-electron chi connectivity index (χ1n) is 8.98. The van der Waals surface area contributed by atoms with Crippen LogP contribution in [0.3, 0.4) is 0 Å². The molecule has 2 aromatic carbocycles. The number of amides is 1. The molecule has 4 nitrogen and oxygen atoms in total. The van der Waals surface area contributed by atoms with Crippen molar-refractivity contribution in [2.24, 2.45) is 0 Å². The van der Waals surface area contributed by atoms with E-state index in [9.17, 15) is 9.90 Å². The lowest BCUT2D eigenvalue weighted by atomic mass is 9.99. The van der Waals surface area contributed by atoms with Crippen LogP contribution in [-0.4, -0.2) is 17.6 Å². The first-order chi connectivity index (χ1) is 12.1. The maximum atomic E-state index is 11.3. The number of benzene rings is 2. The zero-order chi connectivity index (χ0) is 18.1. The highest BCUT2D eigenvalue weighted by Gasteiger charge is 2.13. The van der Waals surface area contributed by atoms with Crippen LogP contribution in [0.25, 0.3) is 0 Å². The third-order valence-corrected chi connectivity index (χ3v) is 4.23. The Morgan fingerprint density at radius 1 is 1.16 bits per heavy atom. The SMILES string of the molecule is CCCCC(NCCc1ccccc1)c1ccc(O)c(NC(C)=O)c1. The highest BCUT2D eigenvalue weighted by atomic mass is 16.3. The van der Waals surface area contributed by atoms with Gasteiger partial charge >= 0.3 is 0 Å². The van der Waals surface area contributed by atoms with Crippen molar-refractivity contribution < 1.29 is 9.90 Å². The van der Waals surface area contributed by atoms with Gasteiger partial charge in [-0.25, -0.2) is 0 Å². The van der Waals surface area contributed by atoms with Crippen molar-refractivity contribution in [3.8, 4) is 5.75 Å². The average Bonchev–Trinajstić information content (AvgIpc) is 2.60. The number of unbranched alkanes of at least 4 members (excludes halogenated alkanes) is 1. The van der Waals surface area contributed by atoms with Crippen molar-refractivity contribution in [3.05, 3.63) is 59.7 Å². The Labute approximate surface area is 150 Å². The molecule has 134 valence electrons. The Hall–Kier alpha value is -2.33. The summed E-state index contributed by atoms with van der Waals surface area (Å²) in [6.07, 6.45) is 4.25. The van der Waals surface area contributed by atoms with E-state index in [1.54, 1.807) is 6.07 Å². The first kappa shape index (κ1) is 19.0. The van der Waals surface area contributed by atoms with Gasteiger partial charge in [-0.15, -0.1) is 0 Å². The normalized spacial score (nSPS) is 11.9. The lowest BCUT2D eigenvalue weighted by Crippen LogP contribution is -2.24. The van der Waals surface area contributed by atoms with Gasteiger partial charge in [-0.2, -0.15) is 0 Å². The van der Waals surface area contributed by atoms with Crippen LogP contribution in [-0.2, 0) is 11.2 Å². The third kappa shape index (κ3) is 6.24. The van der Waals surface area contributed by atoms with E-state index in [-0.39, 0.29) is 17.7 Å². The summed E-state index contributed by atoms with van der Waals surface area (Å²) in [5.41, 5.74) is 2.87. The Morgan fingerprint density at radius 3 is 2.60 bits per heavy atom. The quantitative estimate of drug-likeness (QED) is 0.592. The first-order valence-corrected chi connectivity index (χ1v) is 8.98. The smallest absolute Gasteiger partial charge is 0.221 e. The second-order valence-electron chi connectivity index (χ2n) is 6.34. The van der Waals surface area contributed by atoms with Crippen LogP contribution in [0.1, 0.15) is 50.3 Å². The van der Waals surface area contributed by atoms with E-state index in [1.165, 1.54) is 12.5 Å². The zero-order valence-electron chi connectivity index (χ0n) is 15.1. The maximum absolute atomic E-state index is 11.3. The van der Waals surface area contributed by atoms with Gasteiger partial charge in [0.2, 0.25) is 5.91 Å². The van der Waals surface area contributed by atoms with E-state index in [0.717, 1.165) is 37.8 Å². The molecule has 0 aliphatic rings. The van der Waals surface area contributed by atoms with Crippen molar-refractivity contribution in [2.75, 3.05) is 11.9 Å².